The highest BCUT2D eigenvalue weighted by molar-refractivity contribution is 5.54. The van der Waals surface area contributed by atoms with Crippen molar-refractivity contribution >= 4 is 0 Å². The van der Waals surface area contributed by atoms with Crippen LogP contribution in [0.25, 0.3) is 11.5 Å². The second-order valence-electron chi connectivity index (χ2n) is 3.25. The molecule has 0 aliphatic carbocycles. The smallest absolute Gasteiger partial charge is 0.183 e. The van der Waals surface area contributed by atoms with Gasteiger partial charge >= 0.3 is 0 Å². The molecule has 68 valence electrons. The maximum Gasteiger partial charge on any atom is 0.183 e. The maximum absolute atomic E-state index is 4.35. The Morgan fingerprint density at radius 3 is 2.38 bits per heavy atom. The fourth-order valence-corrected chi connectivity index (χ4v) is 1.39. The SMILES string of the molecule is Cc1nc2nc(C)n(C)c(C)c-2n1. The lowest BCUT2D eigenvalue weighted by Crippen LogP contribution is -2.07. The van der Waals surface area contributed by atoms with Crippen LogP contribution in [-0.4, -0.2) is 19.5 Å². The molecule has 4 heteroatoms. The number of hydrogen-bond donors (Lipinski definition) is 0. The highest BCUT2D eigenvalue weighted by Crippen LogP contribution is 2.20. The average Bonchev–Trinajstić information content (AvgIpc) is 2.42. The maximum atomic E-state index is 4.35. The molecular formula is C9H12N4. The summed E-state index contributed by atoms with van der Waals surface area (Å²) >= 11 is 0. The fourth-order valence-electron chi connectivity index (χ4n) is 1.39. The number of aryl methyl sites for hydroxylation is 2. The summed E-state index contributed by atoms with van der Waals surface area (Å²) in [6.45, 7) is 5.89. The van der Waals surface area contributed by atoms with Gasteiger partial charge in [0, 0.05) is 12.7 Å². The number of imidazole rings is 1. The van der Waals surface area contributed by atoms with E-state index in [2.05, 4.69) is 15.0 Å². The Morgan fingerprint density at radius 1 is 1.00 bits per heavy atom. The van der Waals surface area contributed by atoms with Crippen molar-refractivity contribution in [1.82, 2.24) is 19.5 Å². The minimum Gasteiger partial charge on any atom is -0.335 e. The Hall–Kier alpha value is -1.45. The van der Waals surface area contributed by atoms with Gasteiger partial charge in [0.1, 0.15) is 17.3 Å². The minimum absolute atomic E-state index is 0.755. The molecule has 0 amide bonds. The summed E-state index contributed by atoms with van der Waals surface area (Å²) in [5.74, 6) is 2.51. The number of nitrogens with zero attached hydrogens (tertiary/aromatic N) is 4. The molecule has 0 unspecified atom stereocenters. The quantitative estimate of drug-likeness (QED) is 0.606. The minimum atomic E-state index is 0.755. The predicted octanol–water partition coefficient (Wildman–Crippen LogP) is 1.24. The second kappa shape index (κ2) is 2.52. The van der Waals surface area contributed by atoms with E-state index in [-0.39, 0.29) is 0 Å². The summed E-state index contributed by atoms with van der Waals surface area (Å²) in [4.78, 5) is 12.9. The first kappa shape index (κ1) is 8.16. The van der Waals surface area contributed by atoms with E-state index in [4.69, 9.17) is 0 Å². The van der Waals surface area contributed by atoms with Gasteiger partial charge in [0.2, 0.25) is 0 Å². The molecule has 2 aliphatic heterocycles. The van der Waals surface area contributed by atoms with Crippen LogP contribution in [0.1, 0.15) is 17.3 Å². The van der Waals surface area contributed by atoms with Crippen molar-refractivity contribution in [2.45, 2.75) is 20.8 Å². The van der Waals surface area contributed by atoms with E-state index < -0.39 is 0 Å². The number of fused-ring (bicyclic) bond motifs is 1. The first-order valence-corrected chi connectivity index (χ1v) is 4.24. The molecule has 4 nitrogen and oxygen atoms in total. The fraction of sp³-hybridized carbons (Fsp3) is 0.444. The van der Waals surface area contributed by atoms with Crippen molar-refractivity contribution in [2.75, 3.05) is 0 Å². The number of aromatic nitrogens is 4. The van der Waals surface area contributed by atoms with Crippen molar-refractivity contribution in [2.24, 2.45) is 7.05 Å². The van der Waals surface area contributed by atoms with Crippen LogP contribution in [0.15, 0.2) is 0 Å². The van der Waals surface area contributed by atoms with Crippen molar-refractivity contribution in [3.8, 4) is 11.5 Å². The summed E-state index contributed by atoms with van der Waals surface area (Å²) in [6.07, 6.45) is 0. The average molecular weight is 176 g/mol. The summed E-state index contributed by atoms with van der Waals surface area (Å²) in [7, 11) is 1.99. The molecule has 2 rings (SSSR count). The van der Waals surface area contributed by atoms with Crippen LogP contribution >= 0.6 is 0 Å². The van der Waals surface area contributed by atoms with Gasteiger partial charge in [0.15, 0.2) is 5.82 Å². The van der Waals surface area contributed by atoms with Gasteiger partial charge in [-0.15, -0.1) is 0 Å². The zero-order chi connectivity index (χ0) is 9.59. The lowest BCUT2D eigenvalue weighted by atomic mass is 10.3. The van der Waals surface area contributed by atoms with Gasteiger partial charge < -0.3 is 4.57 Å². The summed E-state index contributed by atoms with van der Waals surface area (Å²) < 4.78 is 2.02. The van der Waals surface area contributed by atoms with E-state index in [1.807, 2.05) is 32.4 Å². The number of hydrogen-bond acceptors (Lipinski definition) is 3. The zero-order valence-corrected chi connectivity index (χ0v) is 8.29. The Morgan fingerprint density at radius 2 is 1.69 bits per heavy atom. The van der Waals surface area contributed by atoms with Gasteiger partial charge in [-0.25, -0.2) is 15.0 Å². The van der Waals surface area contributed by atoms with Gasteiger partial charge in [0.05, 0.1) is 0 Å². The van der Waals surface area contributed by atoms with Crippen molar-refractivity contribution in [3.63, 3.8) is 0 Å². The van der Waals surface area contributed by atoms with Crippen LogP contribution in [0.4, 0.5) is 0 Å². The second-order valence-corrected chi connectivity index (χ2v) is 3.25. The van der Waals surface area contributed by atoms with E-state index >= 15 is 0 Å². The topological polar surface area (TPSA) is 43.6 Å². The third-order valence-electron chi connectivity index (χ3n) is 2.35. The van der Waals surface area contributed by atoms with Gasteiger partial charge in [-0.05, 0) is 20.8 Å². The van der Waals surface area contributed by atoms with E-state index in [0.717, 1.165) is 28.9 Å². The van der Waals surface area contributed by atoms with Crippen LogP contribution in [0.2, 0.25) is 0 Å². The first-order chi connectivity index (χ1) is 6.09. The largest absolute Gasteiger partial charge is 0.335 e. The van der Waals surface area contributed by atoms with Gasteiger partial charge in [-0.3, -0.25) is 0 Å². The Labute approximate surface area is 77.0 Å². The molecule has 0 aromatic rings. The third kappa shape index (κ3) is 1.09. The van der Waals surface area contributed by atoms with Crippen LogP contribution < -0.4 is 0 Å². The lowest BCUT2D eigenvalue weighted by Gasteiger charge is -2.10. The first-order valence-electron chi connectivity index (χ1n) is 4.24. The van der Waals surface area contributed by atoms with Crippen LogP contribution in [0.3, 0.4) is 0 Å². The molecule has 2 heterocycles. The van der Waals surface area contributed by atoms with Crippen LogP contribution in [0.5, 0.6) is 0 Å². The molecule has 0 aromatic heterocycles. The van der Waals surface area contributed by atoms with Gasteiger partial charge in [-0.2, -0.15) is 0 Å². The zero-order valence-electron chi connectivity index (χ0n) is 8.29. The van der Waals surface area contributed by atoms with Crippen molar-refractivity contribution in [1.29, 1.82) is 0 Å². The van der Waals surface area contributed by atoms with Gasteiger partial charge in [-0.1, -0.05) is 0 Å². The molecule has 0 aromatic carbocycles. The summed E-state index contributed by atoms with van der Waals surface area (Å²) in [5.41, 5.74) is 2.02. The van der Waals surface area contributed by atoms with E-state index in [9.17, 15) is 0 Å². The Kier molecular flexibility index (Phi) is 1.58. The monoisotopic (exact) mass is 176 g/mol. The Balaban J connectivity index is 2.85. The Bertz CT molecular complexity index is 430. The molecule has 0 saturated carbocycles. The molecule has 0 N–H and O–H groups in total. The molecule has 0 radical (unpaired) electrons. The molecule has 0 bridgehead atoms. The lowest BCUT2D eigenvalue weighted by molar-refractivity contribution is 0.770. The molecule has 0 saturated heterocycles. The highest BCUT2D eigenvalue weighted by atomic mass is 15.1. The van der Waals surface area contributed by atoms with Crippen molar-refractivity contribution in [3.05, 3.63) is 17.3 Å². The summed E-state index contributed by atoms with van der Waals surface area (Å²) in [6, 6.07) is 0. The van der Waals surface area contributed by atoms with E-state index in [1.165, 1.54) is 0 Å². The van der Waals surface area contributed by atoms with E-state index in [0.29, 0.717) is 0 Å². The van der Waals surface area contributed by atoms with Gasteiger partial charge in [0.25, 0.3) is 0 Å². The van der Waals surface area contributed by atoms with Crippen LogP contribution in [0, 0.1) is 20.8 Å². The highest BCUT2D eigenvalue weighted by Gasteiger charge is 2.15. The number of rotatable bonds is 0. The van der Waals surface area contributed by atoms with Crippen LogP contribution in [-0.2, 0) is 7.05 Å². The molecule has 0 spiro atoms. The molecule has 0 fully saturated rings. The molecule has 0 atom stereocenters. The normalized spacial score (nSPS) is 11.1. The molecular weight excluding hydrogens is 164 g/mol. The van der Waals surface area contributed by atoms with E-state index in [1.54, 1.807) is 0 Å². The van der Waals surface area contributed by atoms with Crippen molar-refractivity contribution < 1.29 is 0 Å². The third-order valence-corrected chi connectivity index (χ3v) is 2.35. The predicted molar refractivity (Wildman–Crippen MR) is 49.6 cm³/mol. The molecule has 2 aliphatic rings. The molecule has 13 heavy (non-hydrogen) atoms. The standard InChI is InChI=1S/C9H12N4/c1-5-8-9(11-6(2)10-8)12-7(3)13(5)4/h1-4H3. The summed E-state index contributed by atoms with van der Waals surface area (Å²) in [5, 5.41) is 0.